The summed E-state index contributed by atoms with van der Waals surface area (Å²) in [4.78, 5) is 28.8. The van der Waals surface area contributed by atoms with Gasteiger partial charge in [0.25, 0.3) is 0 Å². The normalized spacial score (nSPS) is 7.77. The van der Waals surface area contributed by atoms with E-state index in [1.165, 1.54) is 7.05 Å². The third-order valence-electron chi connectivity index (χ3n) is 0.799. The first kappa shape index (κ1) is 13.8. The van der Waals surface area contributed by atoms with Crippen LogP contribution >= 0.6 is 0 Å². The van der Waals surface area contributed by atoms with Crippen molar-refractivity contribution in [3.05, 3.63) is 0 Å². The Balaban J connectivity index is 0. The number of nitrogens with two attached hydrogens (primary N) is 1. The Labute approximate surface area is 74.5 Å². The van der Waals surface area contributed by atoms with Crippen LogP contribution in [0, 0.1) is 0 Å². The molecule has 0 spiro atoms. The molecule has 5 N–H and O–H groups in total. The topological polar surface area (TPSA) is 130 Å². The van der Waals surface area contributed by atoms with Gasteiger partial charge in [-0.15, -0.1) is 0 Å². The Morgan fingerprint density at radius 2 is 1.38 bits per heavy atom. The number of carbonyl (C=O) groups excluding carboxylic acids is 1. The maximum atomic E-state index is 9.64. The molecule has 0 radical (unpaired) electrons. The van der Waals surface area contributed by atoms with Crippen LogP contribution in [-0.2, 0) is 9.59 Å². The number of primary amides is 1. The fourth-order valence-corrected chi connectivity index (χ4v) is 0.214. The largest absolute Gasteiger partial charge is 0.481 e. The van der Waals surface area contributed by atoms with E-state index in [0.29, 0.717) is 0 Å². The van der Waals surface area contributed by atoms with Crippen molar-refractivity contribution >= 4 is 18.0 Å². The molecule has 0 saturated heterocycles. The summed E-state index contributed by atoms with van der Waals surface area (Å²) in [6, 6.07) is -0.495. The molecule has 2 amide bonds. The molecule has 0 aromatic rings. The number of carboxylic acid groups (broad SMARTS) is 2. The van der Waals surface area contributed by atoms with Crippen LogP contribution in [0.25, 0.3) is 0 Å². The Kier molecular flexibility index (Phi) is 8.80. The highest BCUT2D eigenvalue weighted by Crippen LogP contribution is 1.86. The summed E-state index contributed by atoms with van der Waals surface area (Å²) >= 11 is 0. The minimum absolute atomic E-state index is 0.296. The van der Waals surface area contributed by atoms with E-state index < -0.39 is 18.0 Å². The number of rotatable bonds is 3. The highest BCUT2D eigenvalue weighted by atomic mass is 16.4. The number of nitrogens with one attached hydrogen (secondary N) is 1. The van der Waals surface area contributed by atoms with Crippen LogP contribution in [0.2, 0.25) is 0 Å². The van der Waals surface area contributed by atoms with Crippen molar-refractivity contribution < 1.29 is 24.6 Å². The summed E-state index contributed by atoms with van der Waals surface area (Å²) in [5.41, 5.74) is 4.54. The quantitative estimate of drug-likeness (QED) is 0.466. The molecule has 0 bridgehead atoms. The van der Waals surface area contributed by atoms with Gasteiger partial charge < -0.3 is 21.3 Å². The fourth-order valence-electron chi connectivity index (χ4n) is 0.214. The van der Waals surface area contributed by atoms with Gasteiger partial charge >= 0.3 is 18.0 Å². The van der Waals surface area contributed by atoms with E-state index in [0.717, 1.165) is 0 Å². The molecular weight excluding hydrogens is 180 g/mol. The number of carbonyl (C=O) groups is 3. The smallest absolute Gasteiger partial charge is 0.311 e. The van der Waals surface area contributed by atoms with Crippen molar-refractivity contribution in [2.75, 3.05) is 7.05 Å². The molecule has 13 heavy (non-hydrogen) atoms. The lowest BCUT2D eigenvalue weighted by Gasteiger charge is -1.85. The van der Waals surface area contributed by atoms with Gasteiger partial charge in [-0.05, 0) is 0 Å². The average Bonchev–Trinajstić information content (AvgIpc) is 2.02. The van der Waals surface area contributed by atoms with Gasteiger partial charge in [-0.25, -0.2) is 4.79 Å². The minimum atomic E-state index is -1.08. The lowest BCUT2D eigenvalue weighted by molar-refractivity contribution is -0.143. The molecule has 0 fully saturated rings. The van der Waals surface area contributed by atoms with E-state index in [9.17, 15) is 14.4 Å². The summed E-state index contributed by atoms with van der Waals surface area (Å²) in [6.07, 6.45) is -0.593. The molecule has 0 aliphatic heterocycles. The maximum absolute atomic E-state index is 9.64. The predicted molar refractivity (Wildman–Crippen MR) is 43.1 cm³/mol. The summed E-state index contributed by atoms with van der Waals surface area (Å²) < 4.78 is 0. The molecule has 0 rings (SSSR count). The second-order valence-corrected chi connectivity index (χ2v) is 1.90. The molecule has 0 aliphatic rings. The lowest BCUT2D eigenvalue weighted by atomic mass is 10.3. The zero-order valence-electron chi connectivity index (χ0n) is 7.11. The van der Waals surface area contributed by atoms with Gasteiger partial charge in [0, 0.05) is 7.05 Å². The van der Waals surface area contributed by atoms with Crippen LogP contribution in [0.15, 0.2) is 0 Å². The van der Waals surface area contributed by atoms with Gasteiger partial charge in [-0.1, -0.05) is 0 Å². The highest BCUT2D eigenvalue weighted by molar-refractivity contribution is 5.75. The van der Waals surface area contributed by atoms with Crippen LogP contribution in [0.5, 0.6) is 0 Å². The van der Waals surface area contributed by atoms with Gasteiger partial charge in [0.15, 0.2) is 0 Å². The van der Waals surface area contributed by atoms with Crippen LogP contribution < -0.4 is 11.1 Å². The number of amides is 2. The standard InChI is InChI=1S/C4H6O4.C2H6N2O/c5-3(6)1-2-4(7)8;1-4-2(3)5/h1-2H2,(H,5,6)(H,7,8);1H3,(H3,3,4,5). The monoisotopic (exact) mass is 192 g/mol. The van der Waals surface area contributed by atoms with Gasteiger partial charge in [-0.2, -0.15) is 0 Å². The third kappa shape index (κ3) is 25.4. The molecule has 0 atom stereocenters. The maximum Gasteiger partial charge on any atom is 0.311 e. The average molecular weight is 192 g/mol. The molecule has 0 aliphatic carbocycles. The molecule has 0 saturated carbocycles. The molecule has 0 aromatic heterocycles. The molecule has 76 valence electrons. The minimum Gasteiger partial charge on any atom is -0.481 e. The highest BCUT2D eigenvalue weighted by Gasteiger charge is 2.00. The molecule has 0 unspecified atom stereocenters. The number of carboxylic acids is 2. The molecule has 0 heterocycles. The second-order valence-electron chi connectivity index (χ2n) is 1.90. The number of hydrogen-bond donors (Lipinski definition) is 4. The van der Waals surface area contributed by atoms with Crippen molar-refractivity contribution in [3.8, 4) is 0 Å². The molecule has 7 heteroatoms. The van der Waals surface area contributed by atoms with Gasteiger partial charge in [0.1, 0.15) is 0 Å². The van der Waals surface area contributed by atoms with Crippen molar-refractivity contribution in [2.24, 2.45) is 5.73 Å². The van der Waals surface area contributed by atoms with E-state index in [1.807, 2.05) is 0 Å². The van der Waals surface area contributed by atoms with Crippen LogP contribution in [-0.4, -0.2) is 35.2 Å². The second kappa shape index (κ2) is 8.31. The van der Waals surface area contributed by atoms with Crippen LogP contribution in [0.1, 0.15) is 12.8 Å². The third-order valence-corrected chi connectivity index (χ3v) is 0.799. The Morgan fingerprint density at radius 1 is 1.15 bits per heavy atom. The predicted octanol–water partition coefficient (Wildman–Crippen LogP) is -0.780. The van der Waals surface area contributed by atoms with Crippen molar-refractivity contribution in [1.29, 1.82) is 0 Å². The van der Waals surface area contributed by atoms with E-state index >= 15 is 0 Å². The zero-order valence-corrected chi connectivity index (χ0v) is 7.11. The zero-order chi connectivity index (χ0) is 10.9. The number of aliphatic carboxylic acids is 2. The van der Waals surface area contributed by atoms with E-state index in [-0.39, 0.29) is 12.8 Å². The summed E-state index contributed by atoms with van der Waals surface area (Å²) in [5.74, 6) is -2.15. The first-order valence-corrected chi connectivity index (χ1v) is 3.31. The van der Waals surface area contributed by atoms with Crippen molar-refractivity contribution in [1.82, 2.24) is 5.32 Å². The first-order chi connectivity index (χ1) is 5.90. The SMILES string of the molecule is CNC(N)=O.O=C(O)CCC(=O)O. The molecule has 7 nitrogen and oxygen atoms in total. The Hall–Kier alpha value is -1.79. The van der Waals surface area contributed by atoms with Crippen LogP contribution in [0.3, 0.4) is 0 Å². The summed E-state index contributed by atoms with van der Waals surface area (Å²) in [5, 5.41) is 18.0. The van der Waals surface area contributed by atoms with E-state index in [2.05, 4.69) is 11.1 Å². The Bertz CT molecular complexity index is 177. The first-order valence-electron chi connectivity index (χ1n) is 3.31. The molecule has 0 aromatic carbocycles. The fraction of sp³-hybridized carbons (Fsp3) is 0.500. The molecular formula is C6H12N2O5. The van der Waals surface area contributed by atoms with Crippen molar-refractivity contribution in [3.63, 3.8) is 0 Å². The summed E-state index contributed by atoms with van der Waals surface area (Å²) in [6.45, 7) is 0. The van der Waals surface area contributed by atoms with Crippen LogP contribution in [0.4, 0.5) is 4.79 Å². The lowest BCUT2D eigenvalue weighted by Crippen LogP contribution is -2.24. The van der Waals surface area contributed by atoms with Gasteiger partial charge in [0.05, 0.1) is 12.8 Å². The van der Waals surface area contributed by atoms with E-state index in [1.54, 1.807) is 0 Å². The van der Waals surface area contributed by atoms with Gasteiger partial charge in [0.2, 0.25) is 0 Å². The number of urea groups is 1. The van der Waals surface area contributed by atoms with Crippen molar-refractivity contribution in [2.45, 2.75) is 12.8 Å². The Morgan fingerprint density at radius 3 is 1.46 bits per heavy atom. The van der Waals surface area contributed by atoms with Gasteiger partial charge in [-0.3, -0.25) is 9.59 Å². The van der Waals surface area contributed by atoms with E-state index in [4.69, 9.17) is 10.2 Å². The summed E-state index contributed by atoms with van der Waals surface area (Å²) in [7, 11) is 1.47. The number of hydrogen-bond acceptors (Lipinski definition) is 3.